The summed E-state index contributed by atoms with van der Waals surface area (Å²) in [4.78, 5) is 27.3. The highest BCUT2D eigenvalue weighted by atomic mass is 32.2. The molecule has 2 amide bonds. The van der Waals surface area contributed by atoms with Crippen LogP contribution < -0.4 is 10.9 Å². The Morgan fingerprint density at radius 3 is 2.71 bits per heavy atom. The Morgan fingerprint density at radius 1 is 1.21 bits per heavy atom. The Hall–Kier alpha value is -2.16. The van der Waals surface area contributed by atoms with Crippen molar-refractivity contribution in [2.45, 2.75) is 0 Å². The molecule has 0 atom stereocenters. The molecule has 2 N–H and O–H groups in total. The first kappa shape index (κ1) is 16.7. The average Bonchev–Trinajstić information content (AvgIpc) is 3.18. The van der Waals surface area contributed by atoms with Crippen molar-refractivity contribution < 1.29 is 9.59 Å². The Kier molecular flexibility index (Phi) is 5.29. The topological polar surface area (TPSA) is 61.4 Å². The van der Waals surface area contributed by atoms with Crippen LogP contribution in [0.3, 0.4) is 0 Å². The molecular weight excluding hydrogens is 362 g/mol. The van der Waals surface area contributed by atoms with Crippen LogP contribution in [0.15, 0.2) is 52.7 Å². The summed E-state index contributed by atoms with van der Waals surface area (Å²) < 4.78 is 0.387. The molecule has 0 saturated carbocycles. The van der Waals surface area contributed by atoms with Crippen molar-refractivity contribution in [2.75, 3.05) is 12.0 Å². The van der Waals surface area contributed by atoms with Crippen LogP contribution in [-0.4, -0.2) is 27.6 Å². The fourth-order valence-corrected chi connectivity index (χ4v) is 3.96. The lowest BCUT2D eigenvalue weighted by molar-refractivity contribution is -0.128. The Morgan fingerprint density at radius 2 is 2.00 bits per heavy atom. The number of carbonyl (C=O) groups excluding carboxylic acids is 2. The molecule has 2 aromatic rings. The van der Waals surface area contributed by atoms with E-state index in [0.717, 1.165) is 10.6 Å². The zero-order valence-electron chi connectivity index (χ0n) is 12.4. The molecular formula is C16H13N3O2S3. The third-order valence-corrected chi connectivity index (χ3v) is 5.31. The molecule has 0 aliphatic carbocycles. The van der Waals surface area contributed by atoms with Gasteiger partial charge in [0.15, 0.2) is 0 Å². The first-order valence-corrected chi connectivity index (χ1v) is 9.13. The van der Waals surface area contributed by atoms with Crippen LogP contribution in [0.2, 0.25) is 0 Å². The number of thiocarbonyl (C=S) groups is 1. The minimum atomic E-state index is -0.340. The number of anilines is 1. The van der Waals surface area contributed by atoms with Crippen molar-refractivity contribution in [3.63, 3.8) is 0 Å². The molecule has 1 aromatic carbocycles. The van der Waals surface area contributed by atoms with Gasteiger partial charge in [-0.25, -0.2) is 0 Å². The van der Waals surface area contributed by atoms with Crippen LogP contribution in [0, 0.1) is 0 Å². The molecule has 0 spiro atoms. The predicted molar refractivity (Wildman–Crippen MR) is 102 cm³/mol. The molecule has 8 heteroatoms. The summed E-state index contributed by atoms with van der Waals surface area (Å²) in [5.41, 5.74) is 6.11. The molecule has 24 heavy (non-hydrogen) atoms. The maximum absolute atomic E-state index is 12.4. The molecule has 0 radical (unpaired) electrons. The van der Waals surface area contributed by atoms with Crippen molar-refractivity contribution in [1.29, 1.82) is 0 Å². The van der Waals surface area contributed by atoms with E-state index >= 15 is 0 Å². The van der Waals surface area contributed by atoms with Gasteiger partial charge in [-0.15, -0.1) is 11.3 Å². The number of nitrogens with one attached hydrogen (secondary N) is 2. The van der Waals surface area contributed by atoms with Gasteiger partial charge in [-0.3, -0.25) is 25.3 Å². The number of carbonyl (C=O) groups is 2. The van der Waals surface area contributed by atoms with Gasteiger partial charge in [-0.05, 0) is 29.7 Å². The quantitative estimate of drug-likeness (QED) is 0.478. The van der Waals surface area contributed by atoms with Gasteiger partial charge in [-0.2, -0.15) is 0 Å². The molecule has 0 unspecified atom stereocenters. The Bertz CT molecular complexity index is 788. The first-order valence-electron chi connectivity index (χ1n) is 7.02. The molecule has 1 aromatic heterocycles. The highest BCUT2D eigenvalue weighted by Crippen LogP contribution is 2.32. The molecule has 122 valence electrons. The van der Waals surface area contributed by atoms with Crippen molar-refractivity contribution in [1.82, 2.24) is 10.3 Å². The summed E-state index contributed by atoms with van der Waals surface area (Å²) in [6.07, 6.45) is 1.80. The van der Waals surface area contributed by atoms with Gasteiger partial charge in [0.1, 0.15) is 10.9 Å². The number of rotatable bonds is 5. The number of amides is 2. The van der Waals surface area contributed by atoms with E-state index in [1.165, 1.54) is 16.7 Å². The van der Waals surface area contributed by atoms with Crippen molar-refractivity contribution >= 4 is 63.2 Å². The van der Waals surface area contributed by atoms with Gasteiger partial charge in [0, 0.05) is 4.88 Å². The van der Waals surface area contributed by atoms with Crippen LogP contribution in [0.1, 0.15) is 4.88 Å². The fourth-order valence-electron chi connectivity index (χ4n) is 1.99. The van der Waals surface area contributed by atoms with E-state index in [0.29, 0.717) is 9.23 Å². The summed E-state index contributed by atoms with van der Waals surface area (Å²) in [5, 5.41) is 1.94. The number of benzene rings is 1. The van der Waals surface area contributed by atoms with E-state index in [4.69, 9.17) is 12.2 Å². The van der Waals surface area contributed by atoms with Crippen LogP contribution in [0.25, 0.3) is 6.08 Å². The largest absolute Gasteiger partial charge is 0.299 e. The molecule has 1 aliphatic heterocycles. The normalized spacial score (nSPS) is 15.8. The van der Waals surface area contributed by atoms with E-state index in [9.17, 15) is 9.59 Å². The minimum absolute atomic E-state index is 0.119. The number of thioether (sulfide) groups is 1. The Labute approximate surface area is 152 Å². The summed E-state index contributed by atoms with van der Waals surface area (Å²) in [6, 6.07) is 13.1. The van der Waals surface area contributed by atoms with Crippen LogP contribution in [0.4, 0.5) is 5.69 Å². The van der Waals surface area contributed by atoms with E-state index in [-0.39, 0.29) is 18.4 Å². The van der Waals surface area contributed by atoms with Gasteiger partial charge in [0.05, 0.1) is 10.6 Å². The lowest BCUT2D eigenvalue weighted by Gasteiger charge is -2.15. The Balaban J connectivity index is 1.59. The zero-order chi connectivity index (χ0) is 16.9. The molecule has 2 heterocycles. The summed E-state index contributed by atoms with van der Waals surface area (Å²) in [7, 11) is 0. The lowest BCUT2D eigenvalue weighted by atomic mass is 10.3. The number of thiophene rings is 1. The van der Waals surface area contributed by atoms with Gasteiger partial charge in [-0.1, -0.05) is 48.2 Å². The van der Waals surface area contributed by atoms with Crippen molar-refractivity contribution in [3.8, 4) is 0 Å². The number of hydrazine groups is 1. The number of para-hydroxylation sites is 1. The maximum Gasteiger partial charge on any atom is 0.266 e. The second-order valence-corrected chi connectivity index (χ2v) is 7.48. The number of hydrogen-bond donors (Lipinski definition) is 2. The molecule has 1 saturated heterocycles. The van der Waals surface area contributed by atoms with E-state index in [1.807, 2.05) is 47.8 Å². The van der Waals surface area contributed by atoms with Crippen LogP contribution >= 0.6 is 35.3 Å². The summed E-state index contributed by atoms with van der Waals surface area (Å²) >= 11 is 7.97. The summed E-state index contributed by atoms with van der Waals surface area (Å²) in [6.45, 7) is -0.119. The second-order valence-electron chi connectivity index (χ2n) is 4.82. The second kappa shape index (κ2) is 7.61. The summed E-state index contributed by atoms with van der Waals surface area (Å²) in [5.74, 6) is -0.583. The standard InChI is InChI=1S/C16H13N3O2S3/c20-14(18-17-11-5-2-1-3-6-11)10-19-15(21)13(24-16(19)22)9-12-7-4-8-23-12/h1-9,17H,10H2,(H,18,20)/b13-9+. The van der Waals surface area contributed by atoms with Crippen LogP contribution in [0.5, 0.6) is 0 Å². The molecule has 0 bridgehead atoms. The van der Waals surface area contributed by atoms with E-state index < -0.39 is 0 Å². The highest BCUT2D eigenvalue weighted by Gasteiger charge is 2.33. The van der Waals surface area contributed by atoms with E-state index in [1.54, 1.807) is 17.4 Å². The lowest BCUT2D eigenvalue weighted by Crippen LogP contribution is -2.41. The van der Waals surface area contributed by atoms with Crippen LogP contribution in [-0.2, 0) is 9.59 Å². The van der Waals surface area contributed by atoms with E-state index in [2.05, 4.69) is 10.9 Å². The SMILES string of the molecule is O=C(CN1C(=O)/C(=C\c2cccs2)SC1=S)NNc1ccccc1. The number of hydrogen-bond acceptors (Lipinski definition) is 6. The minimum Gasteiger partial charge on any atom is -0.299 e. The molecule has 1 aliphatic rings. The van der Waals surface area contributed by atoms with Gasteiger partial charge < -0.3 is 0 Å². The number of nitrogens with zero attached hydrogens (tertiary/aromatic N) is 1. The van der Waals surface area contributed by atoms with Crippen molar-refractivity contribution in [3.05, 3.63) is 57.6 Å². The van der Waals surface area contributed by atoms with Gasteiger partial charge in [0.2, 0.25) is 0 Å². The van der Waals surface area contributed by atoms with Gasteiger partial charge in [0.25, 0.3) is 11.8 Å². The van der Waals surface area contributed by atoms with Gasteiger partial charge >= 0.3 is 0 Å². The maximum atomic E-state index is 12.4. The first-order chi connectivity index (χ1) is 11.6. The molecule has 1 fully saturated rings. The smallest absolute Gasteiger partial charge is 0.266 e. The monoisotopic (exact) mass is 375 g/mol. The third-order valence-electron chi connectivity index (χ3n) is 3.11. The molecule has 3 rings (SSSR count). The molecule has 5 nitrogen and oxygen atoms in total. The third kappa shape index (κ3) is 4.02. The van der Waals surface area contributed by atoms with Crippen molar-refractivity contribution in [2.24, 2.45) is 0 Å². The highest BCUT2D eigenvalue weighted by molar-refractivity contribution is 8.26. The predicted octanol–water partition coefficient (Wildman–Crippen LogP) is 3.09. The average molecular weight is 376 g/mol. The zero-order valence-corrected chi connectivity index (χ0v) is 14.8. The fraction of sp³-hybridized carbons (Fsp3) is 0.0625.